The molecular weight excluding hydrogens is 250 g/mol. The number of fused-ring (bicyclic) bond motifs is 1. The predicted octanol–water partition coefficient (Wildman–Crippen LogP) is 3.69. The van der Waals surface area contributed by atoms with Gasteiger partial charge in [-0.3, -0.25) is 4.98 Å². The summed E-state index contributed by atoms with van der Waals surface area (Å²) in [6.45, 7) is 0. The number of hydrogen-bond acceptors (Lipinski definition) is 3. The molecule has 1 heterocycles. The third-order valence-electron chi connectivity index (χ3n) is 3.25. The number of carbonyl (C=O) groups excluding carboxylic acids is 1. The molecule has 0 spiro atoms. The normalized spacial score (nSPS) is 10.4. The van der Waals surface area contributed by atoms with Gasteiger partial charge in [0.15, 0.2) is 0 Å². The van der Waals surface area contributed by atoms with Crippen LogP contribution in [0, 0.1) is 0 Å². The Morgan fingerprint density at radius 1 is 1.05 bits per heavy atom. The van der Waals surface area contributed by atoms with Crippen LogP contribution < -0.4 is 0 Å². The molecule has 0 saturated heterocycles. The number of methoxy groups -OCH3 is 1. The van der Waals surface area contributed by atoms with Crippen LogP contribution >= 0.6 is 0 Å². The van der Waals surface area contributed by atoms with Crippen molar-refractivity contribution >= 4 is 16.9 Å². The van der Waals surface area contributed by atoms with E-state index in [-0.39, 0.29) is 5.97 Å². The maximum absolute atomic E-state index is 11.7. The van der Waals surface area contributed by atoms with Crippen LogP contribution in [0.2, 0.25) is 0 Å². The van der Waals surface area contributed by atoms with Crippen LogP contribution in [0.3, 0.4) is 0 Å². The molecule has 0 saturated carbocycles. The van der Waals surface area contributed by atoms with E-state index in [2.05, 4.69) is 4.98 Å². The van der Waals surface area contributed by atoms with Crippen molar-refractivity contribution in [2.45, 2.75) is 0 Å². The summed E-state index contributed by atoms with van der Waals surface area (Å²) in [6.07, 6.45) is 1.78. The lowest BCUT2D eigenvalue weighted by Crippen LogP contribution is -2.01. The largest absolute Gasteiger partial charge is 0.465 e. The number of esters is 1. The van der Waals surface area contributed by atoms with Crippen molar-refractivity contribution in [3.8, 4) is 11.1 Å². The van der Waals surface area contributed by atoms with Crippen molar-refractivity contribution in [3.63, 3.8) is 0 Å². The molecule has 0 N–H and O–H groups in total. The van der Waals surface area contributed by atoms with E-state index < -0.39 is 0 Å². The predicted molar refractivity (Wildman–Crippen MR) is 78.5 cm³/mol. The molecule has 3 nitrogen and oxygen atoms in total. The van der Waals surface area contributed by atoms with Gasteiger partial charge in [-0.15, -0.1) is 0 Å². The van der Waals surface area contributed by atoms with E-state index in [4.69, 9.17) is 4.74 Å². The van der Waals surface area contributed by atoms with Crippen LogP contribution in [-0.2, 0) is 4.74 Å². The van der Waals surface area contributed by atoms with Gasteiger partial charge >= 0.3 is 5.97 Å². The van der Waals surface area contributed by atoms with E-state index in [0.29, 0.717) is 5.56 Å². The number of carbonyl (C=O) groups is 1. The highest BCUT2D eigenvalue weighted by Gasteiger charge is 2.09. The average Bonchev–Trinajstić information content (AvgIpc) is 2.54. The number of nitrogens with zero attached hydrogens (tertiary/aromatic N) is 1. The molecule has 0 aliphatic carbocycles. The van der Waals surface area contributed by atoms with Gasteiger partial charge in [0.2, 0.25) is 0 Å². The molecule has 0 unspecified atom stereocenters. The highest BCUT2D eigenvalue weighted by atomic mass is 16.5. The Bertz CT molecular complexity index is 766. The van der Waals surface area contributed by atoms with Gasteiger partial charge in [-0.2, -0.15) is 0 Å². The number of benzene rings is 2. The Balaban J connectivity index is 2.24. The number of aromatic nitrogens is 1. The van der Waals surface area contributed by atoms with Crippen molar-refractivity contribution in [1.82, 2.24) is 4.98 Å². The maximum atomic E-state index is 11.7. The first-order valence-corrected chi connectivity index (χ1v) is 6.32. The zero-order valence-electron chi connectivity index (χ0n) is 11.0. The number of rotatable bonds is 2. The minimum Gasteiger partial charge on any atom is -0.465 e. The highest BCUT2D eigenvalue weighted by Crippen LogP contribution is 2.28. The maximum Gasteiger partial charge on any atom is 0.337 e. The Labute approximate surface area is 116 Å². The first kappa shape index (κ1) is 12.4. The van der Waals surface area contributed by atoms with Crippen LogP contribution in [0.15, 0.2) is 60.8 Å². The van der Waals surface area contributed by atoms with Crippen molar-refractivity contribution in [2.24, 2.45) is 0 Å². The van der Waals surface area contributed by atoms with E-state index >= 15 is 0 Å². The molecule has 0 aliphatic rings. The van der Waals surface area contributed by atoms with Gasteiger partial charge in [0.1, 0.15) is 0 Å². The molecular formula is C17H13NO2. The Kier molecular flexibility index (Phi) is 3.17. The molecule has 1 aromatic heterocycles. The van der Waals surface area contributed by atoms with Gasteiger partial charge in [0.25, 0.3) is 0 Å². The summed E-state index contributed by atoms with van der Waals surface area (Å²) >= 11 is 0. The molecule has 2 aromatic carbocycles. The first-order chi connectivity index (χ1) is 9.79. The summed E-state index contributed by atoms with van der Waals surface area (Å²) in [4.78, 5) is 16.0. The minimum absolute atomic E-state index is 0.338. The molecule has 3 aromatic rings. The van der Waals surface area contributed by atoms with E-state index in [1.54, 1.807) is 12.3 Å². The fourth-order valence-electron chi connectivity index (χ4n) is 2.26. The smallest absolute Gasteiger partial charge is 0.337 e. The Hall–Kier alpha value is -2.68. The van der Waals surface area contributed by atoms with E-state index in [9.17, 15) is 4.79 Å². The van der Waals surface area contributed by atoms with Crippen molar-refractivity contribution in [3.05, 3.63) is 66.4 Å². The van der Waals surface area contributed by atoms with Crippen LogP contribution in [0.1, 0.15) is 10.4 Å². The van der Waals surface area contributed by atoms with E-state index in [1.165, 1.54) is 7.11 Å². The molecule has 98 valence electrons. The lowest BCUT2D eigenvalue weighted by atomic mass is 10.00. The van der Waals surface area contributed by atoms with Crippen molar-refractivity contribution < 1.29 is 9.53 Å². The molecule has 0 bridgehead atoms. The lowest BCUT2D eigenvalue weighted by molar-refractivity contribution is 0.0601. The third-order valence-corrected chi connectivity index (χ3v) is 3.25. The minimum atomic E-state index is -0.338. The standard InChI is InChI=1S/C17H13NO2/c1-20-17(19)13-7-8-16-15(11-13)14(9-10-18-16)12-5-3-2-4-6-12/h2-11H,1H3. The quantitative estimate of drug-likeness (QED) is 0.662. The van der Waals surface area contributed by atoms with Gasteiger partial charge < -0.3 is 4.74 Å². The fraction of sp³-hybridized carbons (Fsp3) is 0.0588. The number of hydrogen-bond donors (Lipinski definition) is 0. The van der Waals surface area contributed by atoms with E-state index in [0.717, 1.165) is 22.0 Å². The van der Waals surface area contributed by atoms with Crippen LogP contribution in [0.5, 0.6) is 0 Å². The van der Waals surface area contributed by atoms with Gasteiger partial charge in [-0.25, -0.2) is 4.79 Å². The first-order valence-electron chi connectivity index (χ1n) is 6.32. The summed E-state index contributed by atoms with van der Waals surface area (Å²) < 4.78 is 4.77. The third kappa shape index (κ3) is 2.14. The highest BCUT2D eigenvalue weighted by molar-refractivity contribution is 6.00. The zero-order valence-corrected chi connectivity index (χ0v) is 11.0. The molecule has 0 fully saturated rings. The fourth-order valence-corrected chi connectivity index (χ4v) is 2.26. The molecule has 3 rings (SSSR count). The summed E-state index contributed by atoms with van der Waals surface area (Å²) in [5.74, 6) is -0.338. The van der Waals surface area contributed by atoms with Crippen LogP contribution in [0.4, 0.5) is 0 Å². The topological polar surface area (TPSA) is 39.2 Å². The zero-order chi connectivity index (χ0) is 13.9. The monoisotopic (exact) mass is 263 g/mol. The second kappa shape index (κ2) is 5.13. The molecule has 0 radical (unpaired) electrons. The van der Waals surface area contributed by atoms with Crippen molar-refractivity contribution in [1.29, 1.82) is 0 Å². The number of ether oxygens (including phenoxy) is 1. The van der Waals surface area contributed by atoms with Crippen LogP contribution in [-0.4, -0.2) is 18.1 Å². The average molecular weight is 263 g/mol. The van der Waals surface area contributed by atoms with Crippen LogP contribution in [0.25, 0.3) is 22.0 Å². The van der Waals surface area contributed by atoms with Gasteiger partial charge in [0.05, 0.1) is 18.2 Å². The summed E-state index contributed by atoms with van der Waals surface area (Å²) in [5.41, 5.74) is 3.55. The molecule has 20 heavy (non-hydrogen) atoms. The Morgan fingerprint density at radius 3 is 2.60 bits per heavy atom. The van der Waals surface area contributed by atoms with E-state index in [1.807, 2.05) is 48.5 Å². The molecule has 0 aliphatic heterocycles. The number of pyridine rings is 1. The second-order valence-corrected chi connectivity index (χ2v) is 4.45. The summed E-state index contributed by atoms with van der Waals surface area (Å²) in [6, 6.07) is 17.4. The second-order valence-electron chi connectivity index (χ2n) is 4.45. The molecule has 0 atom stereocenters. The van der Waals surface area contributed by atoms with Gasteiger partial charge in [0, 0.05) is 11.6 Å². The SMILES string of the molecule is COC(=O)c1ccc2nccc(-c3ccccc3)c2c1. The molecule has 3 heteroatoms. The summed E-state index contributed by atoms with van der Waals surface area (Å²) in [7, 11) is 1.38. The molecule has 0 amide bonds. The van der Waals surface area contributed by atoms with Gasteiger partial charge in [-0.1, -0.05) is 30.3 Å². The van der Waals surface area contributed by atoms with Crippen molar-refractivity contribution in [2.75, 3.05) is 7.11 Å². The van der Waals surface area contributed by atoms with Gasteiger partial charge in [-0.05, 0) is 35.4 Å². The Morgan fingerprint density at radius 2 is 1.85 bits per heavy atom. The summed E-state index contributed by atoms with van der Waals surface area (Å²) in [5, 5.41) is 0.946. The lowest BCUT2D eigenvalue weighted by Gasteiger charge is -2.07.